The topological polar surface area (TPSA) is 71.0 Å². The predicted octanol–water partition coefficient (Wildman–Crippen LogP) is -0.0158. The van der Waals surface area contributed by atoms with Gasteiger partial charge in [0, 0.05) is 13.2 Å². The third-order valence-electron chi connectivity index (χ3n) is 1.43. The summed E-state index contributed by atoms with van der Waals surface area (Å²) in [6.45, 7) is 1.45. The van der Waals surface area contributed by atoms with Crippen molar-refractivity contribution in [1.82, 2.24) is 5.64 Å². The first-order valence-electron chi connectivity index (χ1n) is 4.62. The first-order valence-corrected chi connectivity index (χ1v) is 4.62. The Morgan fingerprint density at radius 3 is 1.62 bits per heavy atom. The van der Waals surface area contributed by atoms with Crippen LogP contribution in [0.2, 0.25) is 0 Å². The van der Waals surface area contributed by atoms with E-state index in [1.54, 1.807) is 0 Å². The first-order chi connectivity index (χ1) is 6.41. The molecule has 0 saturated carbocycles. The molecule has 0 aliphatic heterocycles. The highest BCUT2D eigenvalue weighted by molar-refractivity contribution is 4.34. The number of hydrogen-bond acceptors (Lipinski definition) is 5. The van der Waals surface area contributed by atoms with E-state index in [9.17, 15) is 0 Å². The monoisotopic (exact) mass is 193 g/mol. The zero-order valence-corrected chi connectivity index (χ0v) is 7.87. The van der Waals surface area contributed by atoms with Gasteiger partial charge in [0.15, 0.2) is 0 Å². The molecule has 3 N–H and O–H groups in total. The number of aliphatic hydroxyl groups excluding tert-OH is 2. The summed E-state index contributed by atoms with van der Waals surface area (Å²) in [6.07, 6.45) is 3.10. The molecule has 0 aromatic carbocycles. The number of nitrogens with one attached hydrogen (secondary N) is 1. The quantitative estimate of drug-likeness (QED) is 0.336. The van der Waals surface area contributed by atoms with E-state index in [0.29, 0.717) is 13.2 Å². The van der Waals surface area contributed by atoms with Gasteiger partial charge in [-0.1, -0.05) is 5.64 Å². The van der Waals surface area contributed by atoms with Gasteiger partial charge in [0.25, 0.3) is 0 Å². The van der Waals surface area contributed by atoms with Gasteiger partial charge in [-0.25, -0.2) is 0 Å². The van der Waals surface area contributed by atoms with Crippen LogP contribution in [0.1, 0.15) is 25.7 Å². The van der Waals surface area contributed by atoms with Crippen LogP contribution >= 0.6 is 0 Å². The Bertz CT molecular complexity index is 82.2. The van der Waals surface area contributed by atoms with Crippen LogP contribution in [0.5, 0.6) is 0 Å². The molecule has 0 atom stereocenters. The predicted molar refractivity (Wildman–Crippen MR) is 47.7 cm³/mol. The summed E-state index contributed by atoms with van der Waals surface area (Å²) in [5, 5.41) is 16.9. The van der Waals surface area contributed by atoms with Crippen LogP contribution in [0.3, 0.4) is 0 Å². The summed E-state index contributed by atoms with van der Waals surface area (Å²) < 4.78 is 0. The minimum Gasteiger partial charge on any atom is -0.396 e. The molecule has 5 nitrogen and oxygen atoms in total. The molecule has 0 radical (unpaired) electrons. The fourth-order valence-corrected chi connectivity index (χ4v) is 0.697. The van der Waals surface area contributed by atoms with E-state index in [1.807, 2.05) is 0 Å². The van der Waals surface area contributed by atoms with Crippen molar-refractivity contribution in [3.63, 3.8) is 0 Å². The summed E-state index contributed by atoms with van der Waals surface area (Å²) in [5.41, 5.74) is 2.34. The summed E-state index contributed by atoms with van der Waals surface area (Å²) in [6, 6.07) is 0. The van der Waals surface area contributed by atoms with Crippen molar-refractivity contribution < 1.29 is 19.9 Å². The Labute approximate surface area is 78.6 Å². The fraction of sp³-hybridized carbons (Fsp3) is 1.00. The fourth-order valence-electron chi connectivity index (χ4n) is 0.697. The Balaban J connectivity index is 2.76. The van der Waals surface area contributed by atoms with Gasteiger partial charge < -0.3 is 10.2 Å². The Hall–Kier alpha value is -0.200. The summed E-state index contributed by atoms with van der Waals surface area (Å²) in [4.78, 5) is 9.74. The molecule has 0 amide bonds. The van der Waals surface area contributed by atoms with Crippen LogP contribution in [0.25, 0.3) is 0 Å². The van der Waals surface area contributed by atoms with Crippen molar-refractivity contribution in [2.24, 2.45) is 0 Å². The average Bonchev–Trinajstić information content (AvgIpc) is 2.16. The van der Waals surface area contributed by atoms with Gasteiger partial charge in [0.1, 0.15) is 0 Å². The van der Waals surface area contributed by atoms with Gasteiger partial charge >= 0.3 is 0 Å². The van der Waals surface area contributed by atoms with Gasteiger partial charge in [-0.3, -0.25) is 9.68 Å². The lowest BCUT2D eigenvalue weighted by Gasteiger charge is -2.04. The summed E-state index contributed by atoms with van der Waals surface area (Å²) in [7, 11) is 0. The number of aliphatic hydroxyl groups is 2. The van der Waals surface area contributed by atoms with Gasteiger partial charge in [-0.05, 0) is 25.7 Å². The van der Waals surface area contributed by atoms with Crippen molar-refractivity contribution in [2.45, 2.75) is 25.7 Å². The second-order valence-corrected chi connectivity index (χ2v) is 2.64. The van der Waals surface area contributed by atoms with Crippen LogP contribution in [0, 0.1) is 0 Å². The third kappa shape index (κ3) is 11.8. The molecule has 0 bridgehead atoms. The molecule has 0 heterocycles. The molecule has 0 aliphatic carbocycles. The maximum atomic E-state index is 8.44. The van der Waals surface area contributed by atoms with Crippen LogP contribution in [-0.4, -0.2) is 36.6 Å². The van der Waals surface area contributed by atoms with Crippen molar-refractivity contribution >= 4 is 0 Å². The zero-order chi connectivity index (χ0) is 9.78. The molecule has 0 spiro atoms. The van der Waals surface area contributed by atoms with E-state index in [0.717, 1.165) is 25.7 Å². The molecule has 0 fully saturated rings. The maximum absolute atomic E-state index is 8.44. The molecule has 80 valence electrons. The lowest BCUT2D eigenvalue weighted by Crippen LogP contribution is -2.17. The lowest BCUT2D eigenvalue weighted by atomic mass is 10.3. The standard InChI is InChI=1S/C8H19NO4/c10-5-1-3-7-12-9-13-8-4-2-6-11/h9-11H,1-8H2. The van der Waals surface area contributed by atoms with Gasteiger partial charge in [-0.15, -0.1) is 0 Å². The SMILES string of the molecule is OCCCCONOCCCCO. The molecular weight excluding hydrogens is 174 g/mol. The normalized spacial score (nSPS) is 10.6. The highest BCUT2D eigenvalue weighted by Crippen LogP contribution is 1.88. The Kier molecular flexibility index (Phi) is 11.6. The molecule has 0 saturated heterocycles. The smallest absolute Gasteiger partial charge is 0.0709 e. The number of hydrogen-bond donors (Lipinski definition) is 3. The van der Waals surface area contributed by atoms with E-state index in [1.165, 1.54) is 0 Å². The number of unbranched alkanes of at least 4 members (excludes halogenated alkanes) is 2. The molecule has 13 heavy (non-hydrogen) atoms. The second-order valence-electron chi connectivity index (χ2n) is 2.64. The molecule has 0 unspecified atom stereocenters. The molecule has 0 rings (SSSR count). The van der Waals surface area contributed by atoms with Gasteiger partial charge in [-0.2, -0.15) is 0 Å². The molecule has 0 aliphatic rings. The minimum atomic E-state index is 0.195. The molecular formula is C8H19NO4. The maximum Gasteiger partial charge on any atom is 0.0709 e. The molecule has 0 aromatic heterocycles. The van der Waals surface area contributed by atoms with Crippen molar-refractivity contribution in [2.75, 3.05) is 26.4 Å². The lowest BCUT2D eigenvalue weighted by molar-refractivity contribution is -0.171. The largest absolute Gasteiger partial charge is 0.396 e. The minimum absolute atomic E-state index is 0.195. The van der Waals surface area contributed by atoms with Crippen molar-refractivity contribution in [3.05, 3.63) is 0 Å². The highest BCUT2D eigenvalue weighted by atomic mass is 16.9. The zero-order valence-electron chi connectivity index (χ0n) is 7.87. The van der Waals surface area contributed by atoms with Gasteiger partial charge in [0.2, 0.25) is 0 Å². The van der Waals surface area contributed by atoms with E-state index in [2.05, 4.69) is 5.64 Å². The van der Waals surface area contributed by atoms with Crippen LogP contribution in [-0.2, 0) is 9.68 Å². The number of rotatable bonds is 10. The van der Waals surface area contributed by atoms with Crippen molar-refractivity contribution in [3.8, 4) is 0 Å². The first kappa shape index (κ1) is 12.8. The molecule has 0 aromatic rings. The summed E-state index contributed by atoms with van der Waals surface area (Å²) in [5.74, 6) is 0. The van der Waals surface area contributed by atoms with E-state index < -0.39 is 0 Å². The van der Waals surface area contributed by atoms with Crippen molar-refractivity contribution in [1.29, 1.82) is 0 Å². The average molecular weight is 193 g/mol. The Morgan fingerprint density at radius 1 is 0.769 bits per heavy atom. The van der Waals surface area contributed by atoms with Crippen LogP contribution in [0.15, 0.2) is 0 Å². The van der Waals surface area contributed by atoms with E-state index >= 15 is 0 Å². The van der Waals surface area contributed by atoms with E-state index in [-0.39, 0.29) is 13.2 Å². The van der Waals surface area contributed by atoms with Crippen LogP contribution < -0.4 is 5.64 Å². The summed E-state index contributed by atoms with van der Waals surface area (Å²) >= 11 is 0. The highest BCUT2D eigenvalue weighted by Gasteiger charge is 1.89. The third-order valence-corrected chi connectivity index (χ3v) is 1.43. The second kappa shape index (κ2) is 11.8. The molecule has 5 heteroatoms. The van der Waals surface area contributed by atoms with Crippen LogP contribution in [0.4, 0.5) is 0 Å². The Morgan fingerprint density at radius 2 is 1.23 bits per heavy atom. The van der Waals surface area contributed by atoms with Gasteiger partial charge in [0.05, 0.1) is 13.2 Å². The van der Waals surface area contributed by atoms with E-state index in [4.69, 9.17) is 19.9 Å².